The molecule has 0 radical (unpaired) electrons. The van der Waals surface area contributed by atoms with E-state index in [9.17, 15) is 23.1 Å². The van der Waals surface area contributed by atoms with E-state index in [1.807, 2.05) is 0 Å². The van der Waals surface area contributed by atoms with Crippen LogP contribution in [-0.4, -0.2) is 12.1 Å². The maximum atomic E-state index is 10.9. The van der Waals surface area contributed by atoms with Crippen LogP contribution in [-0.2, 0) is 4.79 Å². The van der Waals surface area contributed by atoms with Gasteiger partial charge in [-0.05, 0) is 0 Å². The van der Waals surface area contributed by atoms with Crippen LogP contribution in [0, 0.1) is 0 Å². The van der Waals surface area contributed by atoms with Crippen LogP contribution < -0.4 is 5.11 Å². The van der Waals surface area contributed by atoms with Crippen molar-refractivity contribution in [1.29, 1.82) is 0 Å². The summed E-state index contributed by atoms with van der Waals surface area (Å²) in [6.07, 6.45) is -6.51. The molecule has 0 spiro atoms. The van der Waals surface area contributed by atoms with Gasteiger partial charge in [-0.2, -0.15) is 13.2 Å². The fourth-order valence-electron chi connectivity index (χ4n) is 0.164. The minimum Gasteiger partial charge on any atom is -0.550 e. The highest BCUT2D eigenvalue weighted by molar-refractivity contribution is 5.64. The van der Waals surface area contributed by atoms with Crippen LogP contribution in [0.3, 0.4) is 0 Å². The van der Waals surface area contributed by atoms with E-state index in [1.54, 1.807) is 0 Å². The van der Waals surface area contributed by atoms with E-state index >= 15 is 0 Å². The second kappa shape index (κ2) is 2.02. The molecule has 8 heavy (non-hydrogen) atoms. The molecular formula is C3H2F3O2-. The molecule has 0 aliphatic heterocycles. The lowest BCUT2D eigenvalue weighted by molar-refractivity contribution is -0.314. The molecule has 0 heterocycles. The van der Waals surface area contributed by atoms with Gasteiger partial charge in [-0.15, -0.1) is 0 Å². The zero-order valence-electron chi connectivity index (χ0n) is 3.66. The number of alkyl halides is 3. The number of carbonyl (C=O) groups excluding carboxylic acids is 1. The molecule has 0 amide bonds. The number of hydrogen-bond donors (Lipinski definition) is 0. The Kier molecular flexibility index (Phi) is 1.83. The maximum absolute atomic E-state index is 10.9. The molecule has 0 aromatic heterocycles. The Balaban J connectivity index is 3.55. The van der Waals surface area contributed by atoms with Gasteiger partial charge in [-0.1, -0.05) is 0 Å². The smallest absolute Gasteiger partial charge is 0.394 e. The molecule has 0 aromatic rings. The number of carbonyl (C=O) groups is 1. The number of hydrogen-bond acceptors (Lipinski definition) is 2. The highest BCUT2D eigenvalue weighted by Crippen LogP contribution is 2.17. The van der Waals surface area contributed by atoms with Crippen LogP contribution in [0.5, 0.6) is 0 Å². The van der Waals surface area contributed by atoms with Crippen molar-refractivity contribution >= 4 is 5.97 Å². The van der Waals surface area contributed by atoms with E-state index in [4.69, 9.17) is 0 Å². The minimum absolute atomic E-state index is 1.87. The third-order valence-electron chi connectivity index (χ3n) is 0.345. The molecule has 0 saturated carbocycles. The Hall–Kier alpha value is -0.740. The largest absolute Gasteiger partial charge is 0.550 e. The quantitative estimate of drug-likeness (QED) is 0.484. The van der Waals surface area contributed by atoms with Crippen LogP contribution in [0.25, 0.3) is 0 Å². The molecule has 0 atom stereocenters. The van der Waals surface area contributed by atoms with Crippen molar-refractivity contribution < 1.29 is 23.1 Å². The summed E-state index contributed by atoms with van der Waals surface area (Å²) in [5, 5.41) is 9.18. The predicted molar refractivity (Wildman–Crippen MR) is 15.7 cm³/mol. The van der Waals surface area contributed by atoms with Crippen molar-refractivity contribution in [3.63, 3.8) is 0 Å². The zero-order chi connectivity index (χ0) is 6.78. The number of rotatable bonds is 1. The fourth-order valence-corrected chi connectivity index (χ4v) is 0.164. The summed E-state index contributed by atoms with van der Waals surface area (Å²) in [7, 11) is 0. The Bertz CT molecular complexity index is 95.2. The van der Waals surface area contributed by atoms with E-state index < -0.39 is 18.6 Å². The molecular weight excluding hydrogens is 125 g/mol. The Morgan fingerprint density at radius 2 is 1.88 bits per heavy atom. The first-order chi connectivity index (χ1) is 3.42. The summed E-state index contributed by atoms with van der Waals surface area (Å²) >= 11 is 0. The highest BCUT2D eigenvalue weighted by atomic mass is 19.4. The van der Waals surface area contributed by atoms with Crippen molar-refractivity contribution in [3.05, 3.63) is 0 Å². The second-order valence-electron chi connectivity index (χ2n) is 1.16. The lowest BCUT2D eigenvalue weighted by Gasteiger charge is -2.04. The number of halogens is 3. The van der Waals surface area contributed by atoms with Crippen LogP contribution in [0.15, 0.2) is 0 Å². The molecule has 0 saturated heterocycles. The lowest BCUT2D eigenvalue weighted by atomic mass is 10.4. The molecule has 0 fully saturated rings. The topological polar surface area (TPSA) is 40.1 Å². The van der Waals surface area contributed by atoms with Crippen LogP contribution in [0.1, 0.15) is 6.42 Å². The summed E-state index contributed by atoms with van der Waals surface area (Å²) in [4.78, 5) is 9.18. The average Bonchev–Trinajstić information content (AvgIpc) is 1.21. The molecule has 0 unspecified atom stereocenters. The van der Waals surface area contributed by atoms with E-state index in [2.05, 4.69) is 0 Å². The Morgan fingerprint density at radius 3 is 1.88 bits per heavy atom. The third kappa shape index (κ3) is 5.26. The molecule has 0 bridgehead atoms. The van der Waals surface area contributed by atoms with Crippen LogP contribution in [0.2, 0.25) is 0 Å². The minimum atomic E-state index is -4.64. The molecule has 0 N–H and O–H groups in total. The van der Waals surface area contributed by atoms with Crippen LogP contribution >= 0.6 is 0 Å². The van der Waals surface area contributed by atoms with Gasteiger partial charge in [0.25, 0.3) is 0 Å². The summed E-state index contributed by atoms with van der Waals surface area (Å²) < 4.78 is 32.7. The predicted octanol–water partition coefficient (Wildman–Crippen LogP) is -0.311. The van der Waals surface area contributed by atoms with Gasteiger partial charge in [0.15, 0.2) is 0 Å². The molecule has 5 heteroatoms. The van der Waals surface area contributed by atoms with Gasteiger partial charge in [0.1, 0.15) is 0 Å². The van der Waals surface area contributed by atoms with E-state index in [0.717, 1.165) is 0 Å². The first-order valence-electron chi connectivity index (χ1n) is 1.68. The molecule has 0 aliphatic carbocycles. The first-order valence-corrected chi connectivity index (χ1v) is 1.68. The summed E-state index contributed by atoms with van der Waals surface area (Å²) in [5.41, 5.74) is 0. The number of carboxylic acid groups (broad SMARTS) is 1. The zero-order valence-corrected chi connectivity index (χ0v) is 3.66. The number of aliphatic carboxylic acids is 1. The molecule has 0 aromatic carbocycles. The molecule has 0 aliphatic rings. The van der Waals surface area contributed by atoms with Crippen molar-refractivity contribution in [2.24, 2.45) is 0 Å². The van der Waals surface area contributed by atoms with Gasteiger partial charge in [-0.25, -0.2) is 0 Å². The standard InChI is InChI=1S/C3H3F3O2/c4-3(5,6)1-2(7)8/h1H2,(H,7,8)/p-1. The second-order valence-corrected chi connectivity index (χ2v) is 1.16. The van der Waals surface area contributed by atoms with Gasteiger partial charge in [0, 0.05) is 0 Å². The van der Waals surface area contributed by atoms with Crippen molar-refractivity contribution in [2.75, 3.05) is 0 Å². The van der Waals surface area contributed by atoms with E-state index in [1.165, 1.54) is 0 Å². The van der Waals surface area contributed by atoms with Crippen LogP contribution in [0.4, 0.5) is 13.2 Å². The summed E-state index contributed by atoms with van der Waals surface area (Å²) in [6, 6.07) is 0. The fraction of sp³-hybridized carbons (Fsp3) is 0.667. The number of carboxylic acids is 1. The van der Waals surface area contributed by atoms with Gasteiger partial charge >= 0.3 is 6.18 Å². The average molecular weight is 127 g/mol. The van der Waals surface area contributed by atoms with Gasteiger partial charge in [0.2, 0.25) is 0 Å². The molecule has 2 nitrogen and oxygen atoms in total. The van der Waals surface area contributed by atoms with Crippen molar-refractivity contribution in [1.82, 2.24) is 0 Å². The van der Waals surface area contributed by atoms with Crippen molar-refractivity contribution in [2.45, 2.75) is 12.6 Å². The van der Waals surface area contributed by atoms with Crippen molar-refractivity contribution in [3.8, 4) is 0 Å². The maximum Gasteiger partial charge on any atom is 0.394 e. The SMILES string of the molecule is O=C([O-])CC(F)(F)F. The first kappa shape index (κ1) is 7.26. The normalized spacial score (nSPS) is 11.4. The van der Waals surface area contributed by atoms with E-state index in [0.29, 0.717) is 0 Å². The van der Waals surface area contributed by atoms with Gasteiger partial charge in [-0.3, -0.25) is 0 Å². The monoisotopic (exact) mass is 127 g/mol. The van der Waals surface area contributed by atoms with Gasteiger partial charge in [0.05, 0.1) is 12.4 Å². The molecule has 48 valence electrons. The van der Waals surface area contributed by atoms with Gasteiger partial charge < -0.3 is 9.90 Å². The summed E-state index contributed by atoms with van der Waals surface area (Å²) in [5.74, 6) is -2.10. The third-order valence-corrected chi connectivity index (χ3v) is 0.345. The van der Waals surface area contributed by atoms with E-state index in [-0.39, 0.29) is 0 Å². The Morgan fingerprint density at radius 1 is 1.50 bits per heavy atom. The lowest BCUT2D eigenvalue weighted by Crippen LogP contribution is -2.28. The Labute approximate surface area is 42.9 Å². The molecule has 0 rings (SSSR count). The summed E-state index contributed by atoms with van der Waals surface area (Å²) in [6.45, 7) is 0. The highest BCUT2D eigenvalue weighted by Gasteiger charge is 2.26.